The zero-order valence-electron chi connectivity index (χ0n) is 6.80. The molecule has 0 bridgehead atoms. The third-order valence-electron chi connectivity index (χ3n) is 1.14. The van der Waals surface area contributed by atoms with E-state index in [2.05, 4.69) is 0 Å². The molecule has 0 heterocycles. The van der Waals surface area contributed by atoms with E-state index in [9.17, 15) is 43.9 Å². The Morgan fingerprint density at radius 3 is 1.12 bits per heavy atom. The number of allylic oxidation sites excluding steroid dienone is 1. The van der Waals surface area contributed by atoms with Crippen LogP contribution in [0.2, 0.25) is 0 Å². The molecule has 0 N–H and O–H groups in total. The molecule has 0 rings (SSSR count). The highest BCUT2D eigenvalue weighted by Gasteiger charge is 2.60. The molecule has 0 aromatic heterocycles. The summed E-state index contributed by atoms with van der Waals surface area (Å²) in [5.41, 5.74) is -3.49. The molecule has 16 heavy (non-hydrogen) atoms. The quantitative estimate of drug-likeness (QED) is 0.516. The van der Waals surface area contributed by atoms with Crippen LogP contribution in [0.3, 0.4) is 0 Å². The second-order valence-corrected chi connectivity index (χ2v) is 2.26. The molecule has 0 fully saturated rings. The summed E-state index contributed by atoms with van der Waals surface area (Å²) in [6.07, 6.45) is -20.8. The molecule has 1 nitrogen and oxygen atoms in total. The zero-order chi connectivity index (χ0) is 13.4. The fourth-order valence-electron chi connectivity index (χ4n) is 0.654. The fourth-order valence-corrected chi connectivity index (χ4v) is 0.654. The van der Waals surface area contributed by atoms with E-state index in [1.54, 1.807) is 0 Å². The van der Waals surface area contributed by atoms with Crippen LogP contribution < -0.4 is 0 Å². The lowest BCUT2D eigenvalue weighted by Crippen LogP contribution is -2.50. The van der Waals surface area contributed by atoms with Crippen LogP contribution in [-0.2, 0) is 0 Å². The molecule has 0 aliphatic carbocycles. The Kier molecular flexibility index (Phi) is 3.72. The van der Waals surface area contributed by atoms with Crippen molar-refractivity contribution < 1.29 is 43.9 Å². The minimum atomic E-state index is -6.44. The molecular formula is C5HF10N. The van der Waals surface area contributed by atoms with Gasteiger partial charge in [-0.05, 0) is 0 Å². The van der Waals surface area contributed by atoms with Gasteiger partial charge < -0.3 is 0 Å². The van der Waals surface area contributed by atoms with Crippen LogP contribution in [-0.4, -0.2) is 23.7 Å². The first kappa shape index (κ1) is 14.8. The van der Waals surface area contributed by atoms with Crippen molar-refractivity contribution in [3.05, 3.63) is 12.0 Å². The topological polar surface area (TPSA) is 3.24 Å². The lowest BCUT2D eigenvalue weighted by atomic mass is 10.4. The van der Waals surface area contributed by atoms with Crippen LogP contribution in [0.25, 0.3) is 0 Å². The van der Waals surface area contributed by atoms with Gasteiger partial charge in [-0.25, -0.2) is 4.39 Å². The second kappa shape index (κ2) is 4.01. The average Bonchev–Trinajstić information content (AvgIpc) is 1.91. The molecule has 0 amide bonds. The van der Waals surface area contributed by atoms with E-state index in [0.29, 0.717) is 0 Å². The standard InChI is InChI=1S/C5HF10N/c6-1-2(3(7,8)9)16(4(10,11)12)5(13,14)15/h1H/b2-1-. The van der Waals surface area contributed by atoms with Crippen LogP contribution in [0.5, 0.6) is 0 Å². The molecule has 0 atom stereocenters. The van der Waals surface area contributed by atoms with Crippen molar-refractivity contribution >= 4 is 0 Å². The molecule has 0 saturated heterocycles. The van der Waals surface area contributed by atoms with Gasteiger partial charge in [-0.1, -0.05) is 0 Å². The zero-order valence-corrected chi connectivity index (χ0v) is 6.80. The van der Waals surface area contributed by atoms with E-state index >= 15 is 0 Å². The average molecular weight is 265 g/mol. The Bertz CT molecular complexity index is 252. The lowest BCUT2D eigenvalue weighted by Gasteiger charge is -2.30. The molecule has 0 saturated carbocycles. The van der Waals surface area contributed by atoms with Gasteiger partial charge in [-0.15, -0.1) is 26.3 Å². The van der Waals surface area contributed by atoms with Gasteiger partial charge in [0.05, 0.1) is 0 Å². The number of rotatable bonds is 1. The highest BCUT2D eigenvalue weighted by atomic mass is 19.4. The Balaban J connectivity index is 5.55. The summed E-state index contributed by atoms with van der Waals surface area (Å²) in [7, 11) is 0. The van der Waals surface area contributed by atoms with Gasteiger partial charge in [-0.2, -0.15) is 18.1 Å². The summed E-state index contributed by atoms with van der Waals surface area (Å²) in [6.45, 7) is 0. The van der Waals surface area contributed by atoms with Crippen molar-refractivity contribution in [2.45, 2.75) is 18.8 Å². The smallest absolute Gasteiger partial charge is 0.213 e. The first-order valence-corrected chi connectivity index (χ1v) is 3.13. The predicted molar refractivity (Wildman–Crippen MR) is 29.2 cm³/mol. The molecule has 0 aliphatic heterocycles. The third kappa shape index (κ3) is 3.45. The van der Waals surface area contributed by atoms with Crippen molar-refractivity contribution in [2.24, 2.45) is 0 Å². The van der Waals surface area contributed by atoms with Crippen molar-refractivity contribution in [1.29, 1.82) is 0 Å². The number of hydrogen-bond donors (Lipinski definition) is 0. The summed E-state index contributed by atoms with van der Waals surface area (Å²) < 4.78 is 117. The third-order valence-corrected chi connectivity index (χ3v) is 1.14. The largest absolute Gasteiger partial charge is 0.491 e. The van der Waals surface area contributed by atoms with E-state index in [4.69, 9.17) is 0 Å². The van der Waals surface area contributed by atoms with Gasteiger partial charge in [0, 0.05) is 0 Å². The Labute approximate surface area is 80.9 Å². The van der Waals surface area contributed by atoms with Crippen molar-refractivity contribution in [3.8, 4) is 0 Å². The van der Waals surface area contributed by atoms with Crippen LogP contribution in [0.15, 0.2) is 12.0 Å². The Morgan fingerprint density at radius 1 is 0.750 bits per heavy atom. The summed E-state index contributed by atoms with van der Waals surface area (Å²) in [5.74, 6) is 0. The molecule has 96 valence electrons. The van der Waals surface area contributed by atoms with Crippen LogP contribution >= 0.6 is 0 Å². The Hall–Kier alpha value is -1.16. The van der Waals surface area contributed by atoms with Gasteiger partial charge in [0.15, 0.2) is 5.70 Å². The number of alkyl halides is 9. The van der Waals surface area contributed by atoms with E-state index in [1.807, 2.05) is 0 Å². The maximum Gasteiger partial charge on any atom is 0.491 e. The number of halogens is 10. The minimum Gasteiger partial charge on any atom is -0.213 e. The monoisotopic (exact) mass is 265 g/mol. The molecular weight excluding hydrogens is 264 g/mol. The number of nitrogens with zero attached hydrogens (tertiary/aromatic N) is 1. The van der Waals surface area contributed by atoms with Crippen molar-refractivity contribution in [3.63, 3.8) is 0 Å². The van der Waals surface area contributed by atoms with E-state index in [1.165, 1.54) is 0 Å². The summed E-state index contributed by atoms with van der Waals surface area (Å²) >= 11 is 0. The molecule has 0 radical (unpaired) electrons. The first-order chi connectivity index (χ1) is 6.81. The maximum atomic E-state index is 11.7. The van der Waals surface area contributed by atoms with Crippen LogP contribution in [0.1, 0.15) is 0 Å². The highest BCUT2D eigenvalue weighted by molar-refractivity contribution is 5.06. The summed E-state index contributed by atoms with van der Waals surface area (Å²) in [6, 6.07) is 0. The molecule has 0 unspecified atom stereocenters. The van der Waals surface area contributed by atoms with E-state index in [0.717, 1.165) is 0 Å². The van der Waals surface area contributed by atoms with Gasteiger partial charge in [0.2, 0.25) is 0 Å². The minimum absolute atomic E-state index is 1.80. The number of hydrogen-bond acceptors (Lipinski definition) is 1. The molecule has 0 aromatic rings. The molecule has 0 spiro atoms. The predicted octanol–water partition coefficient (Wildman–Crippen LogP) is 3.70. The molecule has 11 heteroatoms. The fraction of sp³-hybridized carbons (Fsp3) is 0.600. The highest BCUT2D eigenvalue weighted by Crippen LogP contribution is 2.42. The molecule has 0 aliphatic rings. The first-order valence-electron chi connectivity index (χ1n) is 3.13. The normalized spacial score (nSPS) is 15.2. The van der Waals surface area contributed by atoms with Gasteiger partial charge >= 0.3 is 18.8 Å². The van der Waals surface area contributed by atoms with Gasteiger partial charge in [0.25, 0.3) is 0 Å². The van der Waals surface area contributed by atoms with Crippen LogP contribution in [0.4, 0.5) is 43.9 Å². The van der Waals surface area contributed by atoms with Crippen molar-refractivity contribution in [1.82, 2.24) is 4.90 Å². The van der Waals surface area contributed by atoms with Gasteiger partial charge in [0.1, 0.15) is 6.33 Å². The van der Waals surface area contributed by atoms with E-state index in [-0.39, 0.29) is 0 Å². The Morgan fingerprint density at radius 2 is 1.06 bits per heavy atom. The lowest BCUT2D eigenvalue weighted by molar-refractivity contribution is -0.371. The van der Waals surface area contributed by atoms with Gasteiger partial charge in [-0.3, -0.25) is 0 Å². The SMILES string of the molecule is F/C=C(\N(C(F)(F)F)C(F)(F)F)C(F)(F)F. The van der Waals surface area contributed by atoms with E-state index < -0.39 is 35.7 Å². The maximum absolute atomic E-state index is 11.7. The summed E-state index contributed by atoms with van der Waals surface area (Å²) in [4.78, 5) is -2.96. The second-order valence-electron chi connectivity index (χ2n) is 2.26. The van der Waals surface area contributed by atoms with Crippen molar-refractivity contribution in [2.75, 3.05) is 0 Å². The molecule has 0 aromatic carbocycles. The van der Waals surface area contributed by atoms with Crippen LogP contribution in [0, 0.1) is 0 Å². The summed E-state index contributed by atoms with van der Waals surface area (Å²) in [5, 5.41) is 0.